The summed E-state index contributed by atoms with van der Waals surface area (Å²) in [4.78, 5) is 5.31. The van der Waals surface area contributed by atoms with Crippen molar-refractivity contribution in [3.05, 3.63) is 233 Å². The van der Waals surface area contributed by atoms with E-state index >= 15 is 0 Å². The number of hydrogen-bond acceptors (Lipinski definition) is 2. The van der Waals surface area contributed by atoms with Gasteiger partial charge in [0, 0.05) is 11.6 Å². The number of nitrogens with two attached hydrogens (primary N) is 1. The highest BCUT2D eigenvalue weighted by molar-refractivity contribution is 6.12. The van der Waals surface area contributed by atoms with Crippen molar-refractivity contribution in [2.75, 3.05) is 0 Å². The van der Waals surface area contributed by atoms with Crippen LogP contribution in [-0.2, 0) is 13.0 Å². The number of rotatable bonds is 9. The van der Waals surface area contributed by atoms with Crippen molar-refractivity contribution < 1.29 is 0 Å². The average molecular weight is 787 g/mol. The van der Waals surface area contributed by atoms with Crippen LogP contribution in [0, 0.1) is 0 Å². The Labute approximate surface area is 360 Å². The van der Waals surface area contributed by atoms with Crippen LogP contribution in [0.25, 0.3) is 61.1 Å². The van der Waals surface area contributed by atoms with E-state index in [0.29, 0.717) is 12.2 Å². The standard InChI is InChI=1S/C59H50N2/c60-58(45-30-27-44(28-31-45)42-17-6-2-7-18-42)39-59(61-40-41-15-4-1-5-16-41)53-26-14-25-51(34-53)54-35-47-20-8-3-9-21-49(47)37-56(54)57-38-50-24-13-12-23-48(50)36-55(57)52-32-29-43-19-10-11-22-46(43)33-52/h1,4-6,9-19,21-33,35-39,51H,2-3,7-8,20,34,40,60H2/b58-39-,61-59?. The molecule has 1 atom stereocenters. The first-order chi connectivity index (χ1) is 30.1. The molecular weight excluding hydrogens is 737 g/mol. The summed E-state index contributed by atoms with van der Waals surface area (Å²) in [7, 11) is 0. The third kappa shape index (κ3) is 8.27. The van der Waals surface area contributed by atoms with E-state index in [2.05, 4.69) is 200 Å². The fourth-order valence-electron chi connectivity index (χ4n) is 9.27. The number of fused-ring (bicyclic) bond motifs is 3. The molecule has 0 spiro atoms. The predicted octanol–water partition coefficient (Wildman–Crippen LogP) is 15.0. The molecule has 0 aromatic heterocycles. The highest BCUT2D eigenvalue weighted by atomic mass is 14.7. The predicted molar refractivity (Wildman–Crippen MR) is 261 cm³/mol. The minimum absolute atomic E-state index is 0.135. The molecule has 3 aliphatic carbocycles. The molecule has 0 fully saturated rings. The maximum atomic E-state index is 6.99. The molecular formula is C59H50N2. The number of hydrogen-bond donors (Lipinski definition) is 1. The van der Waals surface area contributed by atoms with E-state index < -0.39 is 0 Å². The second-order valence-corrected chi connectivity index (χ2v) is 16.6. The van der Waals surface area contributed by atoms with Crippen LogP contribution in [0.2, 0.25) is 0 Å². The van der Waals surface area contributed by atoms with E-state index in [9.17, 15) is 0 Å². The smallest absolute Gasteiger partial charge is 0.0647 e. The summed E-state index contributed by atoms with van der Waals surface area (Å²) in [6.45, 7) is 0.577. The van der Waals surface area contributed by atoms with Gasteiger partial charge in [0.15, 0.2) is 0 Å². The largest absolute Gasteiger partial charge is 0.398 e. The SMILES string of the molecule is N/C(=C\C(=NCc1ccccc1)C1=CC=CC(c2cc3c(cc2-c2cc4ccccc4cc2-c2ccc4ccccc4c2)C=CCCC3)C1)c1ccc(C2=CCCC=C2)cc1. The summed E-state index contributed by atoms with van der Waals surface area (Å²) in [6.07, 6.45) is 26.8. The molecule has 296 valence electrons. The molecule has 0 amide bonds. The monoisotopic (exact) mass is 786 g/mol. The number of benzene rings is 7. The van der Waals surface area contributed by atoms with Crippen LogP contribution in [0.5, 0.6) is 0 Å². The molecule has 0 aliphatic heterocycles. The summed E-state index contributed by atoms with van der Waals surface area (Å²) >= 11 is 0. The Balaban J connectivity index is 1.07. The fraction of sp³-hybridized carbons (Fsp3) is 0.136. The molecule has 0 saturated carbocycles. The van der Waals surface area contributed by atoms with Crippen LogP contribution in [0.4, 0.5) is 0 Å². The fourth-order valence-corrected chi connectivity index (χ4v) is 9.27. The third-order valence-electron chi connectivity index (χ3n) is 12.6. The molecule has 3 aliphatic rings. The molecule has 0 radical (unpaired) electrons. The maximum Gasteiger partial charge on any atom is 0.0647 e. The van der Waals surface area contributed by atoms with Gasteiger partial charge in [0.05, 0.1) is 12.3 Å². The van der Waals surface area contributed by atoms with Crippen LogP contribution in [0.15, 0.2) is 205 Å². The van der Waals surface area contributed by atoms with Crippen LogP contribution < -0.4 is 5.73 Å². The lowest BCUT2D eigenvalue weighted by Gasteiger charge is -2.25. The van der Waals surface area contributed by atoms with Gasteiger partial charge >= 0.3 is 0 Å². The normalized spacial score (nSPS) is 16.6. The summed E-state index contributed by atoms with van der Waals surface area (Å²) in [5, 5.41) is 4.99. The minimum Gasteiger partial charge on any atom is -0.398 e. The summed E-state index contributed by atoms with van der Waals surface area (Å²) < 4.78 is 0. The summed E-state index contributed by atoms with van der Waals surface area (Å²) in [6, 6.07) is 53.4. The van der Waals surface area contributed by atoms with E-state index in [1.54, 1.807) is 0 Å². The number of aliphatic imine (C=N–C) groups is 1. The Bertz CT molecular complexity index is 2990. The summed E-state index contributed by atoms with van der Waals surface area (Å²) in [5.74, 6) is 0.135. The lowest BCUT2D eigenvalue weighted by Crippen LogP contribution is -2.12. The van der Waals surface area contributed by atoms with Gasteiger partial charge in [-0.2, -0.15) is 0 Å². The maximum absolute atomic E-state index is 6.99. The van der Waals surface area contributed by atoms with Crippen molar-refractivity contribution >= 4 is 44.6 Å². The van der Waals surface area contributed by atoms with Gasteiger partial charge in [-0.3, -0.25) is 4.99 Å². The molecule has 10 rings (SSSR count). The van der Waals surface area contributed by atoms with Gasteiger partial charge in [0.2, 0.25) is 0 Å². The zero-order valence-electron chi connectivity index (χ0n) is 34.6. The van der Waals surface area contributed by atoms with Crippen LogP contribution in [0.3, 0.4) is 0 Å². The lowest BCUT2D eigenvalue weighted by molar-refractivity contribution is 0.821. The first-order valence-corrected chi connectivity index (χ1v) is 21.9. The Morgan fingerprint density at radius 3 is 2.15 bits per heavy atom. The molecule has 2 N–H and O–H groups in total. The molecule has 2 nitrogen and oxygen atoms in total. The van der Waals surface area contributed by atoms with Crippen molar-refractivity contribution in [2.45, 2.75) is 51.0 Å². The third-order valence-corrected chi connectivity index (χ3v) is 12.6. The number of nitrogens with zero attached hydrogens (tertiary/aromatic N) is 1. The van der Waals surface area contributed by atoms with E-state index in [1.165, 1.54) is 82.8 Å². The quantitative estimate of drug-likeness (QED) is 0.145. The summed E-state index contributed by atoms with van der Waals surface area (Å²) in [5.41, 5.74) is 23.6. The van der Waals surface area contributed by atoms with E-state index in [-0.39, 0.29) is 5.92 Å². The number of aryl methyl sites for hydroxylation is 1. The van der Waals surface area contributed by atoms with E-state index in [1.807, 2.05) is 0 Å². The molecule has 0 saturated heterocycles. The van der Waals surface area contributed by atoms with Crippen LogP contribution in [0.1, 0.15) is 71.4 Å². The second kappa shape index (κ2) is 17.3. The van der Waals surface area contributed by atoms with E-state index in [0.717, 1.165) is 49.8 Å². The molecule has 61 heavy (non-hydrogen) atoms. The topological polar surface area (TPSA) is 38.4 Å². The Morgan fingerprint density at radius 1 is 0.639 bits per heavy atom. The average Bonchev–Trinajstić information content (AvgIpc) is 3.57. The number of allylic oxidation sites excluding steroid dienone is 10. The van der Waals surface area contributed by atoms with Gasteiger partial charge < -0.3 is 5.73 Å². The highest BCUT2D eigenvalue weighted by Crippen LogP contribution is 2.44. The van der Waals surface area contributed by atoms with Crippen LogP contribution in [-0.4, -0.2) is 5.71 Å². The van der Waals surface area contributed by atoms with Gasteiger partial charge in [-0.1, -0.05) is 170 Å². The van der Waals surface area contributed by atoms with Gasteiger partial charge in [-0.25, -0.2) is 0 Å². The molecule has 7 aromatic rings. The first kappa shape index (κ1) is 38.2. The molecule has 7 aromatic carbocycles. The van der Waals surface area contributed by atoms with Crippen molar-refractivity contribution in [3.63, 3.8) is 0 Å². The Hall–Kier alpha value is -7.03. The second-order valence-electron chi connectivity index (χ2n) is 16.6. The van der Waals surface area contributed by atoms with Crippen molar-refractivity contribution in [3.8, 4) is 22.3 Å². The van der Waals surface area contributed by atoms with Crippen molar-refractivity contribution in [1.82, 2.24) is 0 Å². The molecule has 1 unspecified atom stereocenters. The first-order valence-electron chi connectivity index (χ1n) is 21.9. The molecule has 0 bridgehead atoms. The Kier molecular flexibility index (Phi) is 10.8. The van der Waals surface area contributed by atoms with E-state index in [4.69, 9.17) is 10.7 Å². The Morgan fingerprint density at radius 2 is 1.36 bits per heavy atom. The van der Waals surface area contributed by atoms with Gasteiger partial charge in [0.1, 0.15) is 0 Å². The lowest BCUT2D eigenvalue weighted by atomic mass is 9.79. The van der Waals surface area contributed by atoms with Gasteiger partial charge in [0.25, 0.3) is 0 Å². The van der Waals surface area contributed by atoms with Crippen LogP contribution >= 0.6 is 0 Å². The molecule has 0 heterocycles. The van der Waals surface area contributed by atoms with Gasteiger partial charge in [-0.15, -0.1) is 0 Å². The zero-order valence-corrected chi connectivity index (χ0v) is 34.6. The van der Waals surface area contributed by atoms with Gasteiger partial charge in [-0.05, 0) is 157 Å². The molecule has 2 heteroatoms. The minimum atomic E-state index is 0.135. The van der Waals surface area contributed by atoms with Crippen molar-refractivity contribution in [1.29, 1.82) is 0 Å². The zero-order chi connectivity index (χ0) is 41.0. The highest BCUT2D eigenvalue weighted by Gasteiger charge is 2.24. The van der Waals surface area contributed by atoms with Crippen molar-refractivity contribution in [2.24, 2.45) is 10.7 Å².